The highest BCUT2D eigenvalue weighted by Crippen LogP contribution is 2.28. The Kier molecular flexibility index (Phi) is 6.42. The van der Waals surface area contributed by atoms with Gasteiger partial charge in [-0.15, -0.1) is 0 Å². The van der Waals surface area contributed by atoms with Crippen molar-refractivity contribution < 1.29 is 14.3 Å². The first kappa shape index (κ1) is 19.7. The van der Waals surface area contributed by atoms with Gasteiger partial charge in [-0.25, -0.2) is 0 Å². The van der Waals surface area contributed by atoms with Crippen LogP contribution in [0.15, 0.2) is 41.4 Å². The van der Waals surface area contributed by atoms with Crippen molar-refractivity contribution in [1.82, 2.24) is 4.57 Å². The molecule has 0 aliphatic heterocycles. The van der Waals surface area contributed by atoms with E-state index in [0.29, 0.717) is 20.6 Å². The molecule has 0 aliphatic rings. The molecule has 2 aromatic carbocycles. The first-order valence-corrected chi connectivity index (χ1v) is 9.92. The van der Waals surface area contributed by atoms with Crippen LogP contribution in [-0.2, 0) is 11.3 Å². The van der Waals surface area contributed by atoms with E-state index in [1.165, 1.54) is 11.3 Å². The highest BCUT2D eigenvalue weighted by atomic mass is 35.5. The van der Waals surface area contributed by atoms with Crippen LogP contribution in [0.5, 0.6) is 11.5 Å². The van der Waals surface area contributed by atoms with Crippen molar-refractivity contribution in [3.05, 3.63) is 51.2 Å². The number of ether oxygens (including phenoxy) is 2. The lowest BCUT2D eigenvalue weighted by molar-refractivity contribution is -0.120. The van der Waals surface area contributed by atoms with Gasteiger partial charge in [-0.2, -0.15) is 4.99 Å². The number of hydrogen-bond acceptors (Lipinski definition) is 4. The lowest BCUT2D eigenvalue weighted by atomic mass is 10.3. The number of amides is 1. The summed E-state index contributed by atoms with van der Waals surface area (Å²) in [5.41, 5.74) is 0.945. The van der Waals surface area contributed by atoms with E-state index in [1.807, 2.05) is 22.8 Å². The first-order valence-electron chi connectivity index (χ1n) is 8.35. The molecule has 1 heterocycles. The molecule has 3 aromatic rings. The molecule has 1 amide bonds. The summed E-state index contributed by atoms with van der Waals surface area (Å²) in [5.74, 6) is 0.760. The van der Waals surface area contributed by atoms with Gasteiger partial charge in [0.15, 0.2) is 11.4 Å². The fraction of sp³-hybridized carbons (Fsp3) is 0.263. The number of carbonyl (C=O) groups excluding carboxylic acids is 1. The molecule has 0 radical (unpaired) electrons. The van der Waals surface area contributed by atoms with E-state index in [2.05, 4.69) is 11.9 Å². The Labute approximate surface area is 170 Å². The number of carbonyl (C=O) groups is 1. The van der Waals surface area contributed by atoms with Crippen LogP contribution >= 0.6 is 34.5 Å². The number of benzene rings is 2. The Balaban J connectivity index is 1.90. The number of halogens is 2. The molecule has 0 bridgehead atoms. The minimum absolute atomic E-state index is 0.209. The largest absolute Gasteiger partial charge is 0.495 e. The molecule has 0 saturated carbocycles. The minimum atomic E-state index is -0.392. The predicted molar refractivity (Wildman–Crippen MR) is 109 cm³/mol. The molecule has 3 rings (SSSR count). The topological polar surface area (TPSA) is 52.8 Å². The van der Waals surface area contributed by atoms with Crippen molar-refractivity contribution in [2.45, 2.75) is 19.9 Å². The van der Waals surface area contributed by atoms with E-state index < -0.39 is 5.91 Å². The fourth-order valence-corrected chi connectivity index (χ4v) is 4.20. The van der Waals surface area contributed by atoms with Crippen LogP contribution in [0.2, 0.25) is 10.0 Å². The molecular formula is C19H18Cl2N2O3S. The van der Waals surface area contributed by atoms with Gasteiger partial charge in [0.1, 0.15) is 17.0 Å². The Bertz CT molecular complexity index is 1040. The van der Waals surface area contributed by atoms with Crippen molar-refractivity contribution in [1.29, 1.82) is 0 Å². The number of nitrogens with zero attached hydrogens (tertiary/aromatic N) is 2. The normalized spacial score (nSPS) is 11.8. The Morgan fingerprint density at radius 3 is 2.74 bits per heavy atom. The van der Waals surface area contributed by atoms with Gasteiger partial charge < -0.3 is 14.0 Å². The number of fused-ring (bicyclic) bond motifs is 1. The number of methoxy groups -OCH3 is 1. The first-order chi connectivity index (χ1) is 13.0. The van der Waals surface area contributed by atoms with Crippen molar-refractivity contribution in [3.63, 3.8) is 0 Å². The monoisotopic (exact) mass is 424 g/mol. The second kappa shape index (κ2) is 8.78. The summed E-state index contributed by atoms with van der Waals surface area (Å²) in [6.45, 7) is 2.60. The molecule has 1 aromatic heterocycles. The maximum atomic E-state index is 12.4. The quantitative estimate of drug-likeness (QED) is 0.563. The Morgan fingerprint density at radius 1 is 1.22 bits per heavy atom. The maximum Gasteiger partial charge on any atom is 0.286 e. The van der Waals surface area contributed by atoms with Crippen LogP contribution in [0.25, 0.3) is 10.2 Å². The summed E-state index contributed by atoms with van der Waals surface area (Å²) in [6, 6.07) is 10.6. The summed E-state index contributed by atoms with van der Waals surface area (Å²) in [7, 11) is 1.63. The van der Waals surface area contributed by atoms with Crippen molar-refractivity contribution in [2.24, 2.45) is 4.99 Å². The molecule has 142 valence electrons. The van der Waals surface area contributed by atoms with Gasteiger partial charge in [0.05, 0.1) is 16.8 Å². The summed E-state index contributed by atoms with van der Waals surface area (Å²) in [5, 5.41) is 0.853. The van der Waals surface area contributed by atoms with Gasteiger partial charge in [-0.1, -0.05) is 47.5 Å². The van der Waals surface area contributed by atoms with Crippen LogP contribution in [-0.4, -0.2) is 24.2 Å². The van der Waals surface area contributed by atoms with Crippen molar-refractivity contribution in [3.8, 4) is 11.5 Å². The average Bonchev–Trinajstić information content (AvgIpc) is 2.98. The van der Waals surface area contributed by atoms with Crippen LogP contribution < -0.4 is 14.3 Å². The zero-order valence-corrected chi connectivity index (χ0v) is 17.2. The standard InChI is InChI=1S/C19H18Cl2N2O3S/c1-3-9-23-18-15(25-2)5-4-6-16(18)27-19(23)22-17(24)11-26-14-8-7-12(20)10-13(14)21/h4-8,10H,3,9,11H2,1-2H3. The van der Waals surface area contributed by atoms with Gasteiger partial charge in [0.25, 0.3) is 5.91 Å². The predicted octanol–water partition coefficient (Wildman–Crippen LogP) is 4.93. The van der Waals surface area contributed by atoms with E-state index in [1.54, 1.807) is 25.3 Å². The second-order valence-electron chi connectivity index (χ2n) is 5.71. The van der Waals surface area contributed by atoms with Gasteiger partial charge in [0, 0.05) is 11.6 Å². The number of aromatic nitrogens is 1. The van der Waals surface area contributed by atoms with Crippen LogP contribution in [0.3, 0.4) is 0 Å². The third kappa shape index (κ3) is 4.46. The molecule has 0 N–H and O–H groups in total. The molecule has 0 saturated heterocycles. The molecule has 5 nitrogen and oxygen atoms in total. The second-order valence-corrected chi connectivity index (χ2v) is 7.56. The molecule has 0 fully saturated rings. The van der Waals surface area contributed by atoms with Gasteiger partial charge in [0.2, 0.25) is 0 Å². The molecule has 0 atom stereocenters. The molecule has 0 aliphatic carbocycles. The van der Waals surface area contributed by atoms with Crippen LogP contribution in [0, 0.1) is 0 Å². The summed E-state index contributed by atoms with van der Waals surface area (Å²) in [4.78, 5) is 17.2. The third-order valence-electron chi connectivity index (χ3n) is 3.80. The van der Waals surface area contributed by atoms with Crippen molar-refractivity contribution >= 4 is 50.7 Å². The number of para-hydroxylation sites is 1. The number of hydrogen-bond donors (Lipinski definition) is 0. The van der Waals surface area contributed by atoms with E-state index in [9.17, 15) is 4.79 Å². The molecule has 27 heavy (non-hydrogen) atoms. The SMILES string of the molecule is CCCn1c(=NC(=O)COc2ccc(Cl)cc2Cl)sc2cccc(OC)c21. The van der Waals surface area contributed by atoms with Gasteiger partial charge in [-0.3, -0.25) is 4.79 Å². The highest BCUT2D eigenvalue weighted by molar-refractivity contribution is 7.16. The highest BCUT2D eigenvalue weighted by Gasteiger charge is 2.12. The lowest BCUT2D eigenvalue weighted by Gasteiger charge is -2.07. The average molecular weight is 425 g/mol. The van der Waals surface area contributed by atoms with E-state index in [-0.39, 0.29) is 6.61 Å². The van der Waals surface area contributed by atoms with Crippen LogP contribution in [0.1, 0.15) is 13.3 Å². The van der Waals surface area contributed by atoms with Gasteiger partial charge in [-0.05, 0) is 36.8 Å². The molecule has 8 heteroatoms. The fourth-order valence-electron chi connectivity index (χ4n) is 2.65. The summed E-state index contributed by atoms with van der Waals surface area (Å²) < 4.78 is 14.0. The molecule has 0 spiro atoms. The summed E-state index contributed by atoms with van der Waals surface area (Å²) in [6.07, 6.45) is 0.905. The van der Waals surface area contributed by atoms with Crippen LogP contribution in [0.4, 0.5) is 0 Å². The molecule has 0 unspecified atom stereocenters. The van der Waals surface area contributed by atoms with Crippen molar-refractivity contribution in [2.75, 3.05) is 13.7 Å². The zero-order chi connectivity index (χ0) is 19.4. The van der Waals surface area contributed by atoms with E-state index in [0.717, 1.165) is 28.9 Å². The van der Waals surface area contributed by atoms with E-state index >= 15 is 0 Å². The maximum absolute atomic E-state index is 12.4. The summed E-state index contributed by atoms with van der Waals surface area (Å²) >= 11 is 13.4. The number of aryl methyl sites for hydroxylation is 1. The molecular weight excluding hydrogens is 407 g/mol. The minimum Gasteiger partial charge on any atom is -0.495 e. The number of thiazole rings is 1. The smallest absolute Gasteiger partial charge is 0.286 e. The Hall–Kier alpha value is -2.02. The van der Waals surface area contributed by atoms with E-state index in [4.69, 9.17) is 32.7 Å². The Morgan fingerprint density at radius 2 is 2.04 bits per heavy atom. The zero-order valence-electron chi connectivity index (χ0n) is 14.9. The van der Waals surface area contributed by atoms with Gasteiger partial charge >= 0.3 is 0 Å². The number of rotatable bonds is 6. The third-order valence-corrected chi connectivity index (χ3v) is 5.37. The lowest BCUT2D eigenvalue weighted by Crippen LogP contribution is -2.19.